The number of benzene rings is 2. The van der Waals surface area contributed by atoms with Gasteiger partial charge in [-0.05, 0) is 60.8 Å². The lowest BCUT2D eigenvalue weighted by molar-refractivity contribution is 0.104. The van der Waals surface area contributed by atoms with Crippen LogP contribution in [0.5, 0.6) is 23.0 Å². The van der Waals surface area contributed by atoms with E-state index in [1.54, 1.807) is 28.4 Å². The van der Waals surface area contributed by atoms with E-state index in [1.807, 2.05) is 40.1 Å². The summed E-state index contributed by atoms with van der Waals surface area (Å²) in [5.41, 5.74) is 3.35. The molecule has 1 saturated heterocycles. The first-order chi connectivity index (χ1) is 16.5. The topological polar surface area (TPSA) is 63.7 Å². The SMILES string of the molecule is COc1ccc(CC2c3cc(OC)c(OC)cc3CCN2C(=O)N2CCN(C)CC2)cc1OC. The van der Waals surface area contributed by atoms with Crippen molar-refractivity contribution >= 4 is 6.03 Å². The number of rotatable bonds is 6. The van der Waals surface area contributed by atoms with Crippen LogP contribution in [0, 0.1) is 0 Å². The fourth-order valence-corrected chi connectivity index (χ4v) is 4.89. The molecule has 0 radical (unpaired) electrons. The van der Waals surface area contributed by atoms with E-state index >= 15 is 0 Å². The van der Waals surface area contributed by atoms with Gasteiger partial charge in [0.1, 0.15) is 0 Å². The molecule has 0 saturated carbocycles. The fraction of sp³-hybridized carbons (Fsp3) is 0.500. The number of methoxy groups -OCH3 is 4. The van der Waals surface area contributed by atoms with Crippen LogP contribution in [0.4, 0.5) is 4.79 Å². The molecule has 4 rings (SSSR count). The minimum absolute atomic E-state index is 0.0963. The number of likely N-dealkylation sites (N-methyl/N-ethyl adjacent to an activating group) is 1. The van der Waals surface area contributed by atoms with Crippen molar-refractivity contribution in [2.75, 3.05) is 68.2 Å². The molecule has 34 heavy (non-hydrogen) atoms. The summed E-state index contributed by atoms with van der Waals surface area (Å²) in [5.74, 6) is 2.75. The molecule has 1 atom stereocenters. The Morgan fingerprint density at radius 3 is 2.09 bits per heavy atom. The standard InChI is InChI=1S/C26H35N3O5/c1-27-10-12-28(13-11-27)26(30)29-9-8-19-16-24(33-4)25(34-5)17-20(19)21(29)14-18-6-7-22(31-2)23(15-18)32-3/h6-7,15-17,21H,8-14H2,1-5H3. The van der Waals surface area contributed by atoms with Gasteiger partial charge in [-0.25, -0.2) is 4.79 Å². The highest BCUT2D eigenvalue weighted by atomic mass is 16.5. The van der Waals surface area contributed by atoms with Gasteiger partial charge >= 0.3 is 6.03 Å². The number of hydrogen-bond acceptors (Lipinski definition) is 6. The van der Waals surface area contributed by atoms with E-state index in [9.17, 15) is 4.79 Å². The minimum atomic E-state index is -0.131. The maximum Gasteiger partial charge on any atom is 0.320 e. The fourth-order valence-electron chi connectivity index (χ4n) is 4.89. The van der Waals surface area contributed by atoms with Crippen molar-refractivity contribution in [2.45, 2.75) is 18.9 Å². The van der Waals surface area contributed by atoms with Crippen molar-refractivity contribution in [2.24, 2.45) is 0 Å². The van der Waals surface area contributed by atoms with Gasteiger partial charge in [0.05, 0.1) is 34.5 Å². The minimum Gasteiger partial charge on any atom is -0.493 e. The summed E-state index contributed by atoms with van der Waals surface area (Å²) in [6.45, 7) is 3.93. The number of carbonyl (C=O) groups excluding carboxylic acids is 1. The van der Waals surface area contributed by atoms with Gasteiger partial charge in [0, 0.05) is 32.7 Å². The molecule has 2 aromatic carbocycles. The highest BCUT2D eigenvalue weighted by Crippen LogP contribution is 2.40. The average Bonchev–Trinajstić information content (AvgIpc) is 2.87. The third kappa shape index (κ3) is 4.73. The number of urea groups is 1. The van der Waals surface area contributed by atoms with Gasteiger partial charge in [-0.1, -0.05) is 6.07 Å². The monoisotopic (exact) mass is 469 g/mol. The summed E-state index contributed by atoms with van der Waals surface area (Å²) < 4.78 is 22.1. The molecule has 0 bridgehead atoms. The highest BCUT2D eigenvalue weighted by molar-refractivity contribution is 5.76. The second kappa shape index (κ2) is 10.4. The van der Waals surface area contributed by atoms with Crippen LogP contribution >= 0.6 is 0 Å². The van der Waals surface area contributed by atoms with Crippen molar-refractivity contribution < 1.29 is 23.7 Å². The first-order valence-electron chi connectivity index (χ1n) is 11.7. The Balaban J connectivity index is 1.71. The molecule has 0 N–H and O–H groups in total. The van der Waals surface area contributed by atoms with E-state index in [-0.39, 0.29) is 12.1 Å². The summed E-state index contributed by atoms with van der Waals surface area (Å²) in [4.78, 5) is 20.0. The van der Waals surface area contributed by atoms with Crippen LogP contribution in [-0.2, 0) is 12.8 Å². The largest absolute Gasteiger partial charge is 0.493 e. The molecule has 2 aromatic rings. The zero-order valence-electron chi connectivity index (χ0n) is 20.8. The van der Waals surface area contributed by atoms with Crippen molar-refractivity contribution in [3.63, 3.8) is 0 Å². The normalized spacial score (nSPS) is 18.3. The zero-order valence-corrected chi connectivity index (χ0v) is 20.8. The van der Waals surface area contributed by atoms with Crippen LogP contribution in [0.3, 0.4) is 0 Å². The first-order valence-corrected chi connectivity index (χ1v) is 11.7. The van der Waals surface area contributed by atoms with Gasteiger partial charge in [0.15, 0.2) is 23.0 Å². The molecule has 184 valence electrons. The summed E-state index contributed by atoms with van der Waals surface area (Å²) in [7, 11) is 8.66. The molecule has 2 amide bonds. The molecule has 2 aliphatic rings. The Labute approximate surface area is 201 Å². The summed E-state index contributed by atoms with van der Waals surface area (Å²) in [6.07, 6.45) is 1.43. The quantitative estimate of drug-likeness (QED) is 0.647. The van der Waals surface area contributed by atoms with Crippen LogP contribution < -0.4 is 18.9 Å². The average molecular weight is 470 g/mol. The Morgan fingerprint density at radius 1 is 0.824 bits per heavy atom. The maximum atomic E-state index is 13.7. The molecular weight excluding hydrogens is 434 g/mol. The zero-order chi connectivity index (χ0) is 24.2. The highest BCUT2D eigenvalue weighted by Gasteiger charge is 2.35. The van der Waals surface area contributed by atoms with E-state index in [2.05, 4.69) is 11.9 Å². The Hall–Kier alpha value is -3.13. The number of nitrogens with zero attached hydrogens (tertiary/aromatic N) is 3. The molecule has 8 heteroatoms. The van der Waals surface area contributed by atoms with E-state index in [0.29, 0.717) is 36.0 Å². The van der Waals surface area contributed by atoms with Gasteiger partial charge in [-0.3, -0.25) is 0 Å². The lowest BCUT2D eigenvalue weighted by Gasteiger charge is -2.42. The number of hydrogen-bond donors (Lipinski definition) is 0. The second-order valence-electron chi connectivity index (χ2n) is 8.83. The van der Waals surface area contributed by atoms with E-state index in [1.165, 1.54) is 5.56 Å². The number of carbonyl (C=O) groups is 1. The molecule has 0 spiro atoms. The van der Waals surface area contributed by atoms with Crippen LogP contribution in [0.1, 0.15) is 22.7 Å². The van der Waals surface area contributed by atoms with E-state index < -0.39 is 0 Å². The third-order valence-electron chi connectivity index (χ3n) is 6.90. The molecule has 0 aliphatic carbocycles. The van der Waals surface area contributed by atoms with Crippen molar-refractivity contribution in [3.05, 3.63) is 47.0 Å². The number of ether oxygens (including phenoxy) is 4. The van der Waals surface area contributed by atoms with Crippen LogP contribution in [0.25, 0.3) is 0 Å². The molecule has 2 aliphatic heterocycles. The lowest BCUT2D eigenvalue weighted by Crippen LogP contribution is -2.54. The molecule has 0 aromatic heterocycles. The summed E-state index contributed by atoms with van der Waals surface area (Å²) in [6, 6.07) is 9.99. The lowest BCUT2D eigenvalue weighted by atomic mass is 9.88. The molecule has 1 unspecified atom stereocenters. The number of fused-ring (bicyclic) bond motifs is 1. The summed E-state index contributed by atoms with van der Waals surface area (Å²) >= 11 is 0. The van der Waals surface area contributed by atoms with Gasteiger partial charge < -0.3 is 33.6 Å². The van der Waals surface area contributed by atoms with E-state index in [4.69, 9.17) is 18.9 Å². The molecule has 2 heterocycles. The van der Waals surface area contributed by atoms with Crippen molar-refractivity contribution in [1.29, 1.82) is 0 Å². The molecule has 1 fully saturated rings. The Morgan fingerprint density at radius 2 is 1.44 bits per heavy atom. The third-order valence-corrected chi connectivity index (χ3v) is 6.90. The number of amides is 2. The Kier molecular flexibility index (Phi) is 7.36. The van der Waals surface area contributed by atoms with Gasteiger partial charge in [-0.2, -0.15) is 0 Å². The summed E-state index contributed by atoms with van der Waals surface area (Å²) in [5, 5.41) is 0. The molecule has 8 nitrogen and oxygen atoms in total. The van der Waals surface area contributed by atoms with Crippen LogP contribution in [0.15, 0.2) is 30.3 Å². The first kappa shape index (κ1) is 24.0. The number of piperazine rings is 1. The van der Waals surface area contributed by atoms with Crippen LogP contribution in [-0.4, -0.2) is 88.9 Å². The van der Waals surface area contributed by atoms with Crippen molar-refractivity contribution in [1.82, 2.24) is 14.7 Å². The maximum absolute atomic E-state index is 13.7. The van der Waals surface area contributed by atoms with Gasteiger partial charge in [0.2, 0.25) is 0 Å². The van der Waals surface area contributed by atoms with Gasteiger partial charge in [-0.15, -0.1) is 0 Å². The molecular formula is C26H35N3O5. The Bertz CT molecular complexity index is 1020. The van der Waals surface area contributed by atoms with E-state index in [0.717, 1.165) is 43.7 Å². The smallest absolute Gasteiger partial charge is 0.320 e. The van der Waals surface area contributed by atoms with Gasteiger partial charge in [0.25, 0.3) is 0 Å². The predicted octanol–water partition coefficient (Wildman–Crippen LogP) is 3.23. The van der Waals surface area contributed by atoms with Crippen molar-refractivity contribution in [3.8, 4) is 23.0 Å². The predicted molar refractivity (Wildman–Crippen MR) is 130 cm³/mol. The second-order valence-corrected chi connectivity index (χ2v) is 8.83. The van der Waals surface area contributed by atoms with Crippen LogP contribution in [0.2, 0.25) is 0 Å².